The van der Waals surface area contributed by atoms with Crippen LogP contribution in [0, 0.1) is 0 Å². The Morgan fingerprint density at radius 2 is 1.89 bits per heavy atom. The number of halogens is 1. The summed E-state index contributed by atoms with van der Waals surface area (Å²) in [5.41, 5.74) is 2.98. The third-order valence-electron chi connectivity index (χ3n) is 4.29. The first kappa shape index (κ1) is 11.8. The highest BCUT2D eigenvalue weighted by Crippen LogP contribution is 2.51. The van der Waals surface area contributed by atoms with E-state index in [1.807, 2.05) is 18.2 Å². The van der Waals surface area contributed by atoms with Gasteiger partial charge in [-0.2, -0.15) is 0 Å². The van der Waals surface area contributed by atoms with Gasteiger partial charge in [0.15, 0.2) is 0 Å². The number of carbonyl (C=O) groups is 1. The Hall–Kier alpha value is -1.28. The van der Waals surface area contributed by atoms with Crippen molar-refractivity contribution in [3.8, 4) is 0 Å². The normalized spacial score (nSPS) is 20.4. The first-order valence-corrected chi connectivity index (χ1v) is 6.73. The zero-order valence-corrected chi connectivity index (χ0v) is 10.9. The van der Waals surface area contributed by atoms with Gasteiger partial charge in [-0.25, -0.2) is 4.79 Å². The van der Waals surface area contributed by atoms with Gasteiger partial charge in [-0.3, -0.25) is 0 Å². The molecule has 1 saturated carbocycles. The number of fused-ring (bicyclic) bond motifs is 2. The predicted octanol–water partition coefficient (Wildman–Crippen LogP) is 3.98. The molecule has 0 unspecified atom stereocenters. The molecule has 1 aromatic carbocycles. The third-order valence-corrected chi connectivity index (χ3v) is 4.43. The Morgan fingerprint density at radius 3 is 2.61 bits per heavy atom. The van der Waals surface area contributed by atoms with Gasteiger partial charge in [0.2, 0.25) is 0 Å². The number of carbonyl (C=O) groups excluding carboxylic acids is 1. The lowest BCUT2D eigenvalue weighted by molar-refractivity contribution is -0.130. The summed E-state index contributed by atoms with van der Waals surface area (Å²) >= 11 is 5.29. The molecule has 0 atom stereocenters. The Balaban J connectivity index is 2.12. The van der Waals surface area contributed by atoms with E-state index < -0.39 is 5.97 Å². The van der Waals surface area contributed by atoms with Crippen LogP contribution in [-0.4, -0.2) is 5.97 Å². The molecule has 0 bridgehead atoms. The molecule has 1 spiro atoms. The van der Waals surface area contributed by atoms with Crippen molar-refractivity contribution < 1.29 is 9.08 Å². The highest BCUT2D eigenvalue weighted by molar-refractivity contribution is 6.17. The molecule has 0 amide bonds. The fourth-order valence-electron chi connectivity index (χ4n) is 3.49. The van der Waals surface area contributed by atoms with Gasteiger partial charge in [0.05, 0.1) is 0 Å². The maximum Gasteiger partial charge on any atom is 0.353 e. The Labute approximate surface area is 112 Å². The molecule has 1 aromatic rings. The molecule has 1 fully saturated rings. The largest absolute Gasteiger partial charge is 0.353 e. The first-order valence-electron chi connectivity index (χ1n) is 6.42. The summed E-state index contributed by atoms with van der Waals surface area (Å²) in [5, 5.41) is 0. The fraction of sp³-hybridized carbons (Fsp3) is 0.400. The maximum absolute atomic E-state index is 11.9. The number of hydrogen-bond acceptors (Lipinski definition) is 2. The molecule has 0 N–H and O–H groups in total. The van der Waals surface area contributed by atoms with Crippen molar-refractivity contribution >= 4 is 23.9 Å². The van der Waals surface area contributed by atoms with E-state index in [0.29, 0.717) is 0 Å². The van der Waals surface area contributed by atoms with E-state index in [0.717, 1.165) is 36.8 Å². The Morgan fingerprint density at radius 1 is 1.17 bits per heavy atom. The van der Waals surface area contributed by atoms with E-state index in [2.05, 4.69) is 16.4 Å². The van der Waals surface area contributed by atoms with Crippen LogP contribution in [-0.2, 0) is 14.5 Å². The van der Waals surface area contributed by atoms with Gasteiger partial charge in [-0.1, -0.05) is 43.5 Å². The Bertz CT molecular complexity index is 513. The van der Waals surface area contributed by atoms with Crippen molar-refractivity contribution in [2.75, 3.05) is 0 Å². The molecule has 2 nitrogen and oxygen atoms in total. The number of hydrogen-bond donors (Lipinski definition) is 0. The average Bonchev–Trinajstić information content (AvgIpc) is 2.74. The van der Waals surface area contributed by atoms with Gasteiger partial charge >= 0.3 is 5.97 Å². The van der Waals surface area contributed by atoms with E-state index in [4.69, 9.17) is 11.9 Å². The second-order valence-corrected chi connectivity index (χ2v) is 5.31. The van der Waals surface area contributed by atoms with Gasteiger partial charge in [0, 0.05) is 11.0 Å². The molecule has 2 aliphatic rings. The number of benzene rings is 1. The molecule has 0 saturated heterocycles. The molecule has 18 heavy (non-hydrogen) atoms. The Kier molecular flexibility index (Phi) is 2.90. The molecule has 94 valence electrons. The summed E-state index contributed by atoms with van der Waals surface area (Å²) in [4.78, 5) is 11.9. The SMILES string of the molecule is O=C(OCl)C1=Cc2ccccc2C12CCCCC2. The predicted molar refractivity (Wildman–Crippen MR) is 71.1 cm³/mol. The van der Waals surface area contributed by atoms with Crippen LogP contribution >= 0.6 is 11.9 Å². The van der Waals surface area contributed by atoms with Crippen LogP contribution in [0.2, 0.25) is 0 Å². The standard InChI is InChI=1S/C15H15ClO2/c16-18-14(17)13-10-11-6-2-3-7-12(11)15(13)8-4-1-5-9-15/h2-3,6-7,10H,1,4-5,8-9H2. The van der Waals surface area contributed by atoms with E-state index in [1.165, 1.54) is 12.0 Å². The summed E-state index contributed by atoms with van der Waals surface area (Å²) in [7, 11) is 0. The van der Waals surface area contributed by atoms with Crippen LogP contribution in [0.3, 0.4) is 0 Å². The van der Waals surface area contributed by atoms with Crippen LogP contribution in [0.15, 0.2) is 29.8 Å². The lowest BCUT2D eigenvalue weighted by Gasteiger charge is -2.36. The highest BCUT2D eigenvalue weighted by Gasteiger charge is 2.45. The fourth-order valence-corrected chi connectivity index (χ4v) is 3.57. The average molecular weight is 263 g/mol. The van der Waals surface area contributed by atoms with Crippen LogP contribution in [0.4, 0.5) is 0 Å². The number of rotatable bonds is 1. The van der Waals surface area contributed by atoms with E-state index in [1.54, 1.807) is 0 Å². The summed E-state index contributed by atoms with van der Waals surface area (Å²) in [6.07, 6.45) is 7.53. The van der Waals surface area contributed by atoms with Gasteiger partial charge in [0.25, 0.3) is 0 Å². The van der Waals surface area contributed by atoms with Crippen LogP contribution < -0.4 is 0 Å². The van der Waals surface area contributed by atoms with Crippen molar-refractivity contribution in [2.45, 2.75) is 37.5 Å². The van der Waals surface area contributed by atoms with Gasteiger partial charge in [0.1, 0.15) is 11.9 Å². The molecule has 2 aliphatic carbocycles. The molecule has 3 rings (SSSR count). The van der Waals surface area contributed by atoms with E-state index in [-0.39, 0.29) is 5.41 Å². The second-order valence-electron chi connectivity index (χ2n) is 5.15. The minimum atomic E-state index is -0.394. The van der Waals surface area contributed by atoms with Crippen molar-refractivity contribution in [1.82, 2.24) is 0 Å². The summed E-state index contributed by atoms with van der Waals surface area (Å²) in [6.45, 7) is 0. The highest BCUT2D eigenvalue weighted by atomic mass is 35.5. The molecular formula is C15H15ClO2. The van der Waals surface area contributed by atoms with Crippen molar-refractivity contribution in [1.29, 1.82) is 0 Å². The van der Waals surface area contributed by atoms with Crippen molar-refractivity contribution in [3.63, 3.8) is 0 Å². The topological polar surface area (TPSA) is 26.3 Å². The van der Waals surface area contributed by atoms with Crippen molar-refractivity contribution in [3.05, 3.63) is 41.0 Å². The zero-order valence-electron chi connectivity index (χ0n) is 10.1. The smallest absolute Gasteiger partial charge is 0.343 e. The van der Waals surface area contributed by atoms with Gasteiger partial charge in [-0.15, -0.1) is 0 Å². The minimum absolute atomic E-state index is 0.152. The van der Waals surface area contributed by atoms with Crippen molar-refractivity contribution in [2.24, 2.45) is 0 Å². The summed E-state index contributed by atoms with van der Waals surface area (Å²) in [6, 6.07) is 8.23. The maximum atomic E-state index is 11.9. The third kappa shape index (κ3) is 1.59. The second kappa shape index (κ2) is 4.43. The molecule has 0 aliphatic heterocycles. The lowest BCUT2D eigenvalue weighted by atomic mass is 9.67. The van der Waals surface area contributed by atoms with Crippen LogP contribution in [0.1, 0.15) is 43.2 Å². The molecule has 0 aromatic heterocycles. The zero-order chi connectivity index (χ0) is 12.6. The lowest BCUT2D eigenvalue weighted by Crippen LogP contribution is -2.32. The summed E-state index contributed by atoms with van der Waals surface area (Å²) < 4.78 is 4.46. The first-order chi connectivity index (χ1) is 8.78. The molecule has 0 radical (unpaired) electrons. The van der Waals surface area contributed by atoms with E-state index in [9.17, 15) is 4.79 Å². The van der Waals surface area contributed by atoms with Crippen LogP contribution in [0.25, 0.3) is 6.08 Å². The van der Waals surface area contributed by atoms with Gasteiger partial charge in [-0.05, 0) is 30.0 Å². The minimum Gasteiger partial charge on any atom is -0.343 e. The van der Waals surface area contributed by atoms with Gasteiger partial charge < -0.3 is 4.29 Å². The molecule has 0 heterocycles. The quantitative estimate of drug-likeness (QED) is 0.765. The summed E-state index contributed by atoms with van der Waals surface area (Å²) in [5.74, 6) is -0.394. The molecular weight excluding hydrogens is 248 g/mol. The monoisotopic (exact) mass is 262 g/mol. The molecule has 3 heteroatoms. The van der Waals surface area contributed by atoms with Crippen LogP contribution in [0.5, 0.6) is 0 Å². The van der Waals surface area contributed by atoms with E-state index >= 15 is 0 Å².